The number of esters is 1. The van der Waals surface area contributed by atoms with Crippen molar-refractivity contribution in [2.45, 2.75) is 6.92 Å². The smallest absolute Gasteiger partial charge is 0.400 e. The number of halogens is 1. The average molecular weight is 388 g/mol. The maximum atomic E-state index is 12.2. The van der Waals surface area contributed by atoms with Crippen molar-refractivity contribution in [2.24, 2.45) is 5.16 Å². The molecule has 7 nitrogen and oxygen atoms in total. The van der Waals surface area contributed by atoms with E-state index in [4.69, 9.17) is 30.0 Å². The molecule has 0 N–H and O–H groups in total. The van der Waals surface area contributed by atoms with Crippen molar-refractivity contribution in [3.05, 3.63) is 70.8 Å². The van der Waals surface area contributed by atoms with Crippen LogP contribution in [0.5, 0.6) is 0 Å². The Morgan fingerprint density at radius 3 is 2.63 bits per heavy atom. The molecular formula is C19H14ClNO6. The largest absolute Gasteiger partial charge is 0.462 e. The van der Waals surface area contributed by atoms with Crippen molar-refractivity contribution in [1.29, 1.82) is 0 Å². The van der Waals surface area contributed by atoms with E-state index >= 15 is 0 Å². The van der Waals surface area contributed by atoms with Crippen LogP contribution in [-0.2, 0) is 9.57 Å². The summed E-state index contributed by atoms with van der Waals surface area (Å²) in [6.45, 7) is 1.89. The van der Waals surface area contributed by atoms with Gasteiger partial charge >= 0.3 is 11.9 Å². The maximum absolute atomic E-state index is 12.2. The molecule has 0 atom stereocenters. The second-order valence-electron chi connectivity index (χ2n) is 5.21. The third-order valence-corrected chi connectivity index (χ3v) is 3.66. The van der Waals surface area contributed by atoms with Gasteiger partial charge in [-0.25, -0.2) is 9.59 Å². The first kappa shape index (κ1) is 18.5. The van der Waals surface area contributed by atoms with Crippen molar-refractivity contribution >= 4 is 29.8 Å². The Kier molecular flexibility index (Phi) is 5.73. The predicted molar refractivity (Wildman–Crippen MR) is 96.8 cm³/mol. The summed E-state index contributed by atoms with van der Waals surface area (Å²) in [6.07, 6.45) is 2.45. The highest BCUT2D eigenvalue weighted by molar-refractivity contribution is 6.30. The molecule has 0 aliphatic rings. The van der Waals surface area contributed by atoms with Gasteiger partial charge in [-0.05, 0) is 49.4 Å². The minimum absolute atomic E-state index is 0.000866. The van der Waals surface area contributed by atoms with Gasteiger partial charge in [-0.3, -0.25) is 0 Å². The first-order valence-electron chi connectivity index (χ1n) is 7.93. The number of furan rings is 2. The summed E-state index contributed by atoms with van der Waals surface area (Å²) >= 11 is 5.89. The van der Waals surface area contributed by atoms with Gasteiger partial charge in [0.05, 0.1) is 12.9 Å². The zero-order valence-corrected chi connectivity index (χ0v) is 14.9. The summed E-state index contributed by atoms with van der Waals surface area (Å²) in [4.78, 5) is 28.6. The van der Waals surface area contributed by atoms with Crippen LogP contribution in [-0.4, -0.2) is 24.8 Å². The van der Waals surface area contributed by atoms with Gasteiger partial charge in [0.15, 0.2) is 5.76 Å². The van der Waals surface area contributed by atoms with Crippen molar-refractivity contribution < 1.29 is 28.0 Å². The molecule has 0 spiro atoms. The molecule has 0 aliphatic heterocycles. The van der Waals surface area contributed by atoms with Crippen LogP contribution in [0.4, 0.5) is 0 Å². The standard InChI is InChI=1S/C19H14ClNO6/c1-2-24-18(22)14-10-16(12-5-7-13(20)8-6-12)26-17(14)11-21-27-19(23)15-4-3-9-25-15/h3-11H,2H2,1H3/b21-11-. The summed E-state index contributed by atoms with van der Waals surface area (Å²) in [5.41, 5.74) is 0.858. The van der Waals surface area contributed by atoms with Crippen LogP contribution in [0, 0.1) is 0 Å². The van der Waals surface area contributed by atoms with E-state index in [0.29, 0.717) is 16.3 Å². The molecule has 1 aromatic carbocycles. The first-order valence-corrected chi connectivity index (χ1v) is 8.31. The monoisotopic (exact) mass is 387 g/mol. The second-order valence-corrected chi connectivity index (χ2v) is 5.64. The van der Waals surface area contributed by atoms with Gasteiger partial charge in [-0.2, -0.15) is 0 Å². The van der Waals surface area contributed by atoms with E-state index in [9.17, 15) is 9.59 Å². The van der Waals surface area contributed by atoms with Crippen LogP contribution in [0.1, 0.15) is 33.6 Å². The number of nitrogens with zero attached hydrogens (tertiary/aromatic N) is 1. The molecule has 0 saturated carbocycles. The number of ether oxygens (including phenoxy) is 1. The molecule has 2 heterocycles. The Labute approximate surface area is 159 Å². The lowest BCUT2D eigenvalue weighted by molar-refractivity contribution is 0.0482. The molecule has 27 heavy (non-hydrogen) atoms. The molecule has 0 aliphatic carbocycles. The summed E-state index contributed by atoms with van der Waals surface area (Å²) in [6, 6.07) is 11.4. The fourth-order valence-electron chi connectivity index (χ4n) is 2.19. The number of carbonyl (C=O) groups excluding carboxylic acids is 2. The molecule has 0 saturated heterocycles. The Balaban J connectivity index is 1.85. The first-order chi connectivity index (χ1) is 13.1. The number of rotatable bonds is 6. The van der Waals surface area contributed by atoms with Crippen molar-refractivity contribution in [1.82, 2.24) is 0 Å². The summed E-state index contributed by atoms with van der Waals surface area (Å²) in [7, 11) is 0. The van der Waals surface area contributed by atoms with E-state index in [1.54, 1.807) is 37.3 Å². The third kappa shape index (κ3) is 4.45. The number of oxime groups is 1. The third-order valence-electron chi connectivity index (χ3n) is 3.41. The van der Waals surface area contributed by atoms with E-state index < -0.39 is 11.9 Å². The molecule has 0 unspecified atom stereocenters. The number of benzene rings is 1. The maximum Gasteiger partial charge on any atom is 0.400 e. The minimum Gasteiger partial charge on any atom is -0.462 e. The lowest BCUT2D eigenvalue weighted by atomic mass is 10.1. The quantitative estimate of drug-likeness (QED) is 0.266. The van der Waals surface area contributed by atoms with Gasteiger partial charge in [0, 0.05) is 10.6 Å². The van der Waals surface area contributed by atoms with Crippen LogP contribution in [0.15, 0.2) is 62.7 Å². The zero-order chi connectivity index (χ0) is 19.2. The minimum atomic E-state index is -0.779. The summed E-state index contributed by atoms with van der Waals surface area (Å²) < 4.78 is 15.6. The van der Waals surface area contributed by atoms with E-state index in [1.165, 1.54) is 18.4 Å². The highest BCUT2D eigenvalue weighted by atomic mass is 35.5. The Hall–Kier alpha value is -3.32. The fraction of sp³-hybridized carbons (Fsp3) is 0.105. The lowest BCUT2D eigenvalue weighted by Gasteiger charge is -1.98. The molecule has 3 rings (SSSR count). The zero-order valence-electron chi connectivity index (χ0n) is 14.2. The molecule has 0 amide bonds. The molecule has 0 fully saturated rings. The van der Waals surface area contributed by atoms with Crippen molar-refractivity contribution in [3.8, 4) is 11.3 Å². The van der Waals surface area contributed by atoms with Crippen LogP contribution >= 0.6 is 11.6 Å². The van der Waals surface area contributed by atoms with Crippen molar-refractivity contribution in [2.75, 3.05) is 6.61 Å². The van der Waals surface area contributed by atoms with Crippen LogP contribution < -0.4 is 0 Å². The number of hydrogen-bond donors (Lipinski definition) is 0. The predicted octanol–water partition coefficient (Wildman–Crippen LogP) is 4.56. The fourth-order valence-corrected chi connectivity index (χ4v) is 2.31. The molecule has 138 valence electrons. The van der Waals surface area contributed by atoms with Gasteiger partial charge in [0.2, 0.25) is 5.76 Å². The molecular weight excluding hydrogens is 374 g/mol. The van der Waals surface area contributed by atoms with Crippen molar-refractivity contribution in [3.63, 3.8) is 0 Å². The van der Waals surface area contributed by atoms with Gasteiger partial charge < -0.3 is 18.4 Å². The highest BCUT2D eigenvalue weighted by Gasteiger charge is 2.19. The highest BCUT2D eigenvalue weighted by Crippen LogP contribution is 2.27. The van der Waals surface area contributed by atoms with Gasteiger partial charge in [-0.15, -0.1) is 0 Å². The van der Waals surface area contributed by atoms with Crippen LogP contribution in [0.25, 0.3) is 11.3 Å². The summed E-state index contributed by atoms with van der Waals surface area (Å²) in [5.74, 6) is -0.864. The van der Waals surface area contributed by atoms with E-state index in [-0.39, 0.29) is 23.7 Å². The van der Waals surface area contributed by atoms with Crippen LogP contribution in [0.2, 0.25) is 5.02 Å². The molecule has 0 bridgehead atoms. The lowest BCUT2D eigenvalue weighted by Crippen LogP contribution is -2.06. The van der Waals surface area contributed by atoms with E-state index in [2.05, 4.69) is 5.16 Å². The average Bonchev–Trinajstić information content (AvgIpc) is 3.33. The summed E-state index contributed by atoms with van der Waals surface area (Å²) in [5, 5.41) is 4.14. The molecule has 3 aromatic rings. The Morgan fingerprint density at radius 1 is 1.19 bits per heavy atom. The topological polar surface area (TPSA) is 91.2 Å². The molecule has 0 radical (unpaired) electrons. The normalized spacial score (nSPS) is 10.9. The van der Waals surface area contributed by atoms with E-state index in [0.717, 1.165) is 6.21 Å². The molecule has 2 aromatic heterocycles. The number of hydrogen-bond acceptors (Lipinski definition) is 7. The number of carbonyl (C=O) groups is 2. The second kappa shape index (κ2) is 8.37. The Bertz CT molecular complexity index is 957. The molecule has 8 heteroatoms. The SMILES string of the molecule is CCOC(=O)c1cc(-c2ccc(Cl)cc2)oc1/C=N\OC(=O)c1ccco1. The Morgan fingerprint density at radius 2 is 1.96 bits per heavy atom. The van der Waals surface area contributed by atoms with E-state index in [1.807, 2.05) is 0 Å². The van der Waals surface area contributed by atoms with Gasteiger partial charge in [0.1, 0.15) is 17.5 Å². The van der Waals surface area contributed by atoms with Gasteiger partial charge in [0.25, 0.3) is 0 Å². The van der Waals surface area contributed by atoms with Crippen LogP contribution in [0.3, 0.4) is 0 Å². The van der Waals surface area contributed by atoms with Gasteiger partial charge in [-0.1, -0.05) is 16.8 Å².